The SMILES string of the molecule is CCC[n+]1ccc(-c2cccc[n+]2CCC)cc1. The van der Waals surface area contributed by atoms with Crippen LogP contribution in [0.15, 0.2) is 48.9 Å². The quantitative estimate of drug-likeness (QED) is 0.712. The molecule has 0 saturated heterocycles. The van der Waals surface area contributed by atoms with Gasteiger partial charge < -0.3 is 0 Å². The number of aryl methyl sites for hydroxylation is 2. The number of hydrogen-bond acceptors (Lipinski definition) is 0. The summed E-state index contributed by atoms with van der Waals surface area (Å²) in [7, 11) is 0. The van der Waals surface area contributed by atoms with Crippen molar-refractivity contribution >= 4 is 0 Å². The number of rotatable bonds is 5. The molecule has 2 rings (SSSR count). The summed E-state index contributed by atoms with van der Waals surface area (Å²) in [5, 5.41) is 0. The summed E-state index contributed by atoms with van der Waals surface area (Å²) in [6, 6.07) is 10.8. The summed E-state index contributed by atoms with van der Waals surface area (Å²) >= 11 is 0. The predicted octanol–water partition coefficient (Wildman–Crippen LogP) is 2.75. The highest BCUT2D eigenvalue weighted by atomic mass is 15.0. The predicted molar refractivity (Wildman–Crippen MR) is 72.9 cm³/mol. The Bertz CT molecular complexity index is 489. The maximum absolute atomic E-state index is 2.32. The lowest BCUT2D eigenvalue weighted by Crippen LogP contribution is -2.36. The molecule has 94 valence electrons. The van der Waals surface area contributed by atoms with Crippen LogP contribution in [0.3, 0.4) is 0 Å². The number of nitrogens with zero attached hydrogens (tertiary/aromatic N) is 2. The van der Waals surface area contributed by atoms with Gasteiger partial charge in [0.05, 0.1) is 5.56 Å². The van der Waals surface area contributed by atoms with Crippen LogP contribution in [-0.2, 0) is 13.1 Å². The van der Waals surface area contributed by atoms with E-state index in [1.807, 2.05) is 0 Å². The maximum Gasteiger partial charge on any atom is 0.212 e. The lowest BCUT2D eigenvalue weighted by Gasteiger charge is -2.02. The van der Waals surface area contributed by atoms with Crippen molar-refractivity contribution in [1.29, 1.82) is 0 Å². The summed E-state index contributed by atoms with van der Waals surface area (Å²) in [5.74, 6) is 0. The molecule has 2 heteroatoms. The third-order valence-corrected chi connectivity index (χ3v) is 3.07. The molecule has 0 amide bonds. The van der Waals surface area contributed by atoms with Crippen LogP contribution >= 0.6 is 0 Å². The van der Waals surface area contributed by atoms with E-state index < -0.39 is 0 Å². The van der Waals surface area contributed by atoms with E-state index >= 15 is 0 Å². The third kappa shape index (κ3) is 2.95. The topological polar surface area (TPSA) is 7.76 Å². The molecule has 0 aliphatic rings. The summed E-state index contributed by atoms with van der Waals surface area (Å²) < 4.78 is 4.55. The second-order valence-electron chi connectivity index (χ2n) is 4.60. The van der Waals surface area contributed by atoms with Crippen LogP contribution in [0.4, 0.5) is 0 Å². The van der Waals surface area contributed by atoms with E-state index in [1.165, 1.54) is 17.7 Å². The Balaban J connectivity index is 2.30. The van der Waals surface area contributed by atoms with Crippen molar-refractivity contribution in [2.75, 3.05) is 0 Å². The van der Waals surface area contributed by atoms with E-state index in [4.69, 9.17) is 0 Å². The fourth-order valence-electron chi connectivity index (χ4n) is 2.21. The minimum absolute atomic E-state index is 1.07. The Kier molecular flexibility index (Phi) is 4.46. The fraction of sp³-hybridized carbons (Fsp3) is 0.375. The molecular formula is C16H22N2+2. The summed E-state index contributed by atoms with van der Waals surface area (Å²) in [6.45, 7) is 6.57. The standard InChI is InChI=1S/C16H22N2/c1-3-10-17-13-8-15(9-14-17)16-7-5-6-12-18(16)11-4-2/h5-9,12-14H,3-4,10-11H2,1-2H3/q+2. The molecule has 0 aliphatic heterocycles. The van der Waals surface area contributed by atoms with Crippen molar-refractivity contribution in [3.05, 3.63) is 48.9 Å². The fourth-order valence-corrected chi connectivity index (χ4v) is 2.21. The normalized spacial score (nSPS) is 10.6. The van der Waals surface area contributed by atoms with Gasteiger partial charge in [0.2, 0.25) is 5.69 Å². The first-order chi connectivity index (χ1) is 8.85. The van der Waals surface area contributed by atoms with E-state index in [0.29, 0.717) is 0 Å². The Morgan fingerprint density at radius 2 is 1.56 bits per heavy atom. The van der Waals surface area contributed by atoms with Gasteiger partial charge in [-0.3, -0.25) is 0 Å². The van der Waals surface area contributed by atoms with Gasteiger partial charge >= 0.3 is 0 Å². The first-order valence-corrected chi connectivity index (χ1v) is 6.83. The van der Waals surface area contributed by atoms with E-state index in [1.54, 1.807) is 0 Å². The van der Waals surface area contributed by atoms with Crippen LogP contribution < -0.4 is 9.13 Å². The van der Waals surface area contributed by atoms with Crippen LogP contribution in [-0.4, -0.2) is 0 Å². The summed E-state index contributed by atoms with van der Waals surface area (Å²) in [5.41, 5.74) is 2.58. The van der Waals surface area contributed by atoms with Crippen molar-refractivity contribution in [3.63, 3.8) is 0 Å². The van der Waals surface area contributed by atoms with Crippen LogP contribution in [0.1, 0.15) is 26.7 Å². The van der Waals surface area contributed by atoms with Gasteiger partial charge in [0.25, 0.3) is 0 Å². The average molecular weight is 242 g/mol. The largest absolute Gasteiger partial charge is 0.212 e. The van der Waals surface area contributed by atoms with Gasteiger partial charge in [0.1, 0.15) is 13.1 Å². The van der Waals surface area contributed by atoms with E-state index in [2.05, 4.69) is 71.9 Å². The molecule has 2 heterocycles. The number of hydrogen-bond donors (Lipinski definition) is 0. The zero-order chi connectivity index (χ0) is 12.8. The lowest BCUT2D eigenvalue weighted by molar-refractivity contribution is -0.697. The van der Waals surface area contributed by atoms with E-state index in [9.17, 15) is 0 Å². The lowest BCUT2D eigenvalue weighted by atomic mass is 10.1. The highest BCUT2D eigenvalue weighted by Gasteiger charge is 2.12. The van der Waals surface area contributed by atoms with Crippen molar-refractivity contribution in [2.24, 2.45) is 0 Å². The molecule has 2 aromatic heterocycles. The van der Waals surface area contributed by atoms with Gasteiger partial charge in [0.15, 0.2) is 18.6 Å². The first kappa shape index (κ1) is 12.7. The van der Waals surface area contributed by atoms with E-state index in [-0.39, 0.29) is 0 Å². The molecule has 2 aromatic rings. The van der Waals surface area contributed by atoms with Gasteiger partial charge in [-0.25, -0.2) is 4.57 Å². The molecule has 2 nitrogen and oxygen atoms in total. The third-order valence-electron chi connectivity index (χ3n) is 3.07. The minimum atomic E-state index is 1.07. The molecule has 0 aliphatic carbocycles. The molecule has 0 atom stereocenters. The summed E-state index contributed by atoms with van der Waals surface area (Å²) in [4.78, 5) is 0. The highest BCUT2D eigenvalue weighted by molar-refractivity contribution is 5.54. The van der Waals surface area contributed by atoms with Gasteiger partial charge in [-0.15, -0.1) is 0 Å². The van der Waals surface area contributed by atoms with Crippen LogP contribution in [0, 0.1) is 0 Å². The van der Waals surface area contributed by atoms with Crippen LogP contribution in [0.25, 0.3) is 11.3 Å². The van der Waals surface area contributed by atoms with Crippen molar-refractivity contribution in [3.8, 4) is 11.3 Å². The minimum Gasteiger partial charge on any atom is -0.205 e. The molecule has 0 aromatic carbocycles. The first-order valence-electron chi connectivity index (χ1n) is 6.83. The molecule has 0 saturated carbocycles. The molecule has 0 fully saturated rings. The zero-order valence-electron chi connectivity index (χ0n) is 11.3. The molecule has 0 radical (unpaired) electrons. The number of aromatic nitrogens is 2. The zero-order valence-corrected chi connectivity index (χ0v) is 11.3. The Morgan fingerprint density at radius 1 is 0.833 bits per heavy atom. The monoisotopic (exact) mass is 242 g/mol. The second-order valence-corrected chi connectivity index (χ2v) is 4.60. The Labute approximate surface area is 110 Å². The second kappa shape index (κ2) is 6.29. The smallest absolute Gasteiger partial charge is 0.205 e. The van der Waals surface area contributed by atoms with Crippen LogP contribution in [0.5, 0.6) is 0 Å². The molecule has 0 spiro atoms. The van der Waals surface area contributed by atoms with Crippen molar-refractivity contribution in [2.45, 2.75) is 39.8 Å². The Hall–Kier alpha value is -1.70. The number of pyridine rings is 2. The molecule has 0 N–H and O–H groups in total. The average Bonchev–Trinajstić information content (AvgIpc) is 2.41. The van der Waals surface area contributed by atoms with Gasteiger partial charge in [-0.05, 0) is 6.07 Å². The Morgan fingerprint density at radius 3 is 2.22 bits per heavy atom. The molecule has 18 heavy (non-hydrogen) atoms. The van der Waals surface area contributed by atoms with E-state index in [0.717, 1.165) is 19.5 Å². The molecule has 0 bridgehead atoms. The van der Waals surface area contributed by atoms with Crippen LogP contribution in [0.2, 0.25) is 0 Å². The van der Waals surface area contributed by atoms with Crippen molar-refractivity contribution in [1.82, 2.24) is 0 Å². The van der Waals surface area contributed by atoms with Crippen molar-refractivity contribution < 1.29 is 9.13 Å². The van der Waals surface area contributed by atoms with Gasteiger partial charge in [-0.2, -0.15) is 4.57 Å². The molecular weight excluding hydrogens is 220 g/mol. The summed E-state index contributed by atoms with van der Waals surface area (Å²) in [6.07, 6.45) is 8.83. The highest BCUT2D eigenvalue weighted by Crippen LogP contribution is 2.12. The van der Waals surface area contributed by atoms with Gasteiger partial charge in [-0.1, -0.05) is 13.8 Å². The maximum atomic E-state index is 2.32. The molecule has 0 unspecified atom stereocenters. The van der Waals surface area contributed by atoms with Gasteiger partial charge in [0, 0.05) is 37.1 Å².